The third kappa shape index (κ3) is 3.97. The van der Waals surface area contributed by atoms with Gasteiger partial charge in [-0.1, -0.05) is 32.0 Å². The van der Waals surface area contributed by atoms with E-state index in [1.807, 2.05) is 25.1 Å². The molecule has 3 aliphatic rings. The van der Waals surface area contributed by atoms with E-state index in [1.165, 1.54) is 26.1 Å². The molecule has 44 heavy (non-hydrogen) atoms. The SMILES string of the molecule is COc1ccc(C)c2c1CC1(C(=O)N(C)C(=O)N1C)C1=C2C(=O)c2[nH]cc(CCNC(=O)c3ccc(C(C)C)cc3)c2C1=O. The summed E-state index contributed by atoms with van der Waals surface area (Å²) in [4.78, 5) is 74.0. The maximum atomic E-state index is 14.6. The van der Waals surface area contributed by atoms with Crippen molar-refractivity contribution >= 4 is 35.0 Å². The lowest BCUT2D eigenvalue weighted by Crippen LogP contribution is -2.56. The van der Waals surface area contributed by atoms with Crippen LogP contribution in [0, 0.1) is 6.92 Å². The lowest BCUT2D eigenvalue weighted by atomic mass is 9.65. The monoisotopic (exact) mass is 594 g/mol. The average Bonchev–Trinajstić information content (AvgIpc) is 3.51. The van der Waals surface area contributed by atoms with Gasteiger partial charge in [-0.3, -0.25) is 24.1 Å². The van der Waals surface area contributed by atoms with Gasteiger partial charge >= 0.3 is 6.03 Å². The Bertz CT molecular complexity index is 1820. The van der Waals surface area contributed by atoms with Crippen LogP contribution in [-0.2, 0) is 17.6 Å². The number of ketones is 2. The molecule has 226 valence electrons. The zero-order valence-electron chi connectivity index (χ0n) is 25.6. The number of rotatable bonds is 6. The van der Waals surface area contributed by atoms with Gasteiger partial charge in [-0.25, -0.2) is 4.79 Å². The van der Waals surface area contributed by atoms with Crippen LogP contribution >= 0.6 is 0 Å². The van der Waals surface area contributed by atoms with Crippen LogP contribution in [0.2, 0.25) is 0 Å². The number of hydrogen-bond donors (Lipinski definition) is 2. The number of urea groups is 1. The topological polar surface area (TPSA) is 129 Å². The molecule has 6 rings (SSSR count). The van der Waals surface area contributed by atoms with Gasteiger partial charge in [-0.15, -0.1) is 0 Å². The summed E-state index contributed by atoms with van der Waals surface area (Å²) in [5.74, 6) is -0.934. The molecule has 10 heteroatoms. The maximum absolute atomic E-state index is 14.6. The highest BCUT2D eigenvalue weighted by atomic mass is 16.5. The largest absolute Gasteiger partial charge is 0.496 e. The van der Waals surface area contributed by atoms with Gasteiger partial charge in [0, 0.05) is 55.5 Å². The highest BCUT2D eigenvalue weighted by Crippen LogP contribution is 2.51. The smallest absolute Gasteiger partial charge is 0.327 e. The first kappa shape index (κ1) is 29.1. The molecule has 3 aromatic rings. The lowest BCUT2D eigenvalue weighted by Gasteiger charge is -2.42. The van der Waals surface area contributed by atoms with Gasteiger partial charge in [0.25, 0.3) is 11.8 Å². The summed E-state index contributed by atoms with van der Waals surface area (Å²) in [6.07, 6.45) is 1.85. The van der Waals surface area contributed by atoms with E-state index in [-0.39, 0.29) is 47.7 Å². The molecule has 1 aromatic heterocycles. The second-order valence-electron chi connectivity index (χ2n) is 11.9. The number of allylic oxidation sites excluding steroid dienone is 1. The number of nitrogens with zero attached hydrogens (tertiary/aromatic N) is 2. The number of aryl methyl sites for hydroxylation is 1. The third-order valence-corrected chi connectivity index (χ3v) is 9.24. The van der Waals surface area contributed by atoms with Crippen LogP contribution in [0.15, 0.2) is 48.2 Å². The van der Waals surface area contributed by atoms with E-state index in [0.717, 1.165) is 16.0 Å². The molecule has 1 saturated heterocycles. The molecule has 1 unspecified atom stereocenters. The van der Waals surface area contributed by atoms with Crippen LogP contribution in [0.3, 0.4) is 0 Å². The Kier molecular flexibility index (Phi) is 6.83. The summed E-state index contributed by atoms with van der Waals surface area (Å²) in [6, 6.07) is 10.4. The predicted octanol–water partition coefficient (Wildman–Crippen LogP) is 4.08. The fraction of sp³-hybridized carbons (Fsp3) is 0.324. The van der Waals surface area contributed by atoms with Crippen molar-refractivity contribution in [3.8, 4) is 5.75 Å². The first-order chi connectivity index (χ1) is 20.9. The molecule has 2 heterocycles. The molecule has 1 fully saturated rings. The van der Waals surface area contributed by atoms with Crippen LogP contribution in [0.1, 0.15) is 78.8 Å². The normalized spacial score (nSPS) is 19.2. The number of H-pyrrole nitrogens is 1. The van der Waals surface area contributed by atoms with Crippen molar-refractivity contribution < 1.29 is 28.7 Å². The van der Waals surface area contributed by atoms with Crippen molar-refractivity contribution in [3.63, 3.8) is 0 Å². The molecule has 1 aliphatic heterocycles. The standard InChI is InChI=1S/C34H34N4O6/c1-17(2)19-8-10-20(11-9-19)31(41)35-14-13-21-16-36-28-25(21)29(39)27-26(30(28)40)24-18(3)7-12-23(44-6)22(24)15-34(27)32(42)37(4)33(43)38(34)5/h7-12,16-17,36H,13-15H2,1-6H3,(H,35,41). The summed E-state index contributed by atoms with van der Waals surface area (Å²) in [5.41, 5.74) is 2.75. The number of methoxy groups -OCH3 is 1. The van der Waals surface area contributed by atoms with E-state index in [9.17, 15) is 24.0 Å². The second-order valence-corrected chi connectivity index (χ2v) is 11.9. The summed E-state index contributed by atoms with van der Waals surface area (Å²) in [5, 5.41) is 2.89. The minimum absolute atomic E-state index is 0.000758. The lowest BCUT2D eigenvalue weighted by molar-refractivity contribution is -0.130. The number of amides is 4. The van der Waals surface area contributed by atoms with E-state index in [4.69, 9.17) is 4.74 Å². The number of imide groups is 1. The Morgan fingerprint density at radius 3 is 2.34 bits per heavy atom. The van der Waals surface area contributed by atoms with E-state index in [2.05, 4.69) is 24.1 Å². The third-order valence-electron chi connectivity index (χ3n) is 9.24. The van der Waals surface area contributed by atoms with E-state index < -0.39 is 29.0 Å². The van der Waals surface area contributed by atoms with Gasteiger partial charge in [0.2, 0.25) is 5.78 Å². The molecule has 2 aromatic carbocycles. The van der Waals surface area contributed by atoms with Gasteiger partial charge in [-0.2, -0.15) is 0 Å². The maximum Gasteiger partial charge on any atom is 0.327 e. The zero-order chi connectivity index (χ0) is 31.7. The Morgan fingerprint density at radius 2 is 1.73 bits per heavy atom. The Labute approximate surface area is 255 Å². The fourth-order valence-corrected chi connectivity index (χ4v) is 6.81. The summed E-state index contributed by atoms with van der Waals surface area (Å²) in [7, 11) is 4.36. The molecule has 2 aliphatic carbocycles. The molecule has 2 N–H and O–H groups in total. The molecule has 0 radical (unpaired) electrons. The van der Waals surface area contributed by atoms with Crippen molar-refractivity contribution in [1.29, 1.82) is 0 Å². The number of benzene rings is 2. The average molecular weight is 595 g/mol. The Hall–Kier alpha value is -4.99. The van der Waals surface area contributed by atoms with Gasteiger partial charge in [0.05, 0.1) is 18.4 Å². The minimum Gasteiger partial charge on any atom is -0.496 e. The molecule has 10 nitrogen and oxygen atoms in total. The van der Waals surface area contributed by atoms with Gasteiger partial charge in [0.15, 0.2) is 11.3 Å². The first-order valence-corrected chi connectivity index (χ1v) is 14.6. The number of aromatic amines is 1. The van der Waals surface area contributed by atoms with E-state index in [1.54, 1.807) is 24.4 Å². The number of carbonyl (C=O) groups is 5. The fourth-order valence-electron chi connectivity index (χ4n) is 6.81. The van der Waals surface area contributed by atoms with Crippen LogP contribution < -0.4 is 10.1 Å². The Morgan fingerprint density at radius 1 is 1.02 bits per heavy atom. The van der Waals surface area contributed by atoms with Crippen molar-refractivity contribution in [1.82, 2.24) is 20.1 Å². The van der Waals surface area contributed by atoms with E-state index in [0.29, 0.717) is 33.9 Å². The predicted molar refractivity (Wildman–Crippen MR) is 163 cm³/mol. The number of fused-ring (bicyclic) bond motifs is 4. The second kappa shape index (κ2) is 10.3. The number of Topliss-reactive ketones (excluding diaryl/α,β-unsaturated/α-hetero) is 2. The molecular formula is C34H34N4O6. The highest BCUT2D eigenvalue weighted by Gasteiger charge is 2.63. The number of carbonyl (C=O) groups excluding carboxylic acids is 5. The van der Waals surface area contributed by atoms with E-state index >= 15 is 0 Å². The molecule has 1 spiro atoms. The highest BCUT2D eigenvalue weighted by molar-refractivity contribution is 6.43. The van der Waals surface area contributed by atoms with Gasteiger partial charge in [0.1, 0.15) is 5.75 Å². The number of aromatic nitrogens is 1. The Balaban J connectivity index is 1.39. The number of ether oxygens (including phenoxy) is 1. The minimum atomic E-state index is -1.72. The summed E-state index contributed by atoms with van der Waals surface area (Å²) >= 11 is 0. The van der Waals surface area contributed by atoms with Crippen LogP contribution in [0.4, 0.5) is 4.79 Å². The van der Waals surface area contributed by atoms with Crippen LogP contribution in [0.5, 0.6) is 5.75 Å². The van der Waals surface area contributed by atoms with Gasteiger partial charge < -0.3 is 19.9 Å². The van der Waals surface area contributed by atoms with Crippen molar-refractivity contribution in [3.05, 3.63) is 92.8 Å². The molecule has 0 saturated carbocycles. The molecule has 4 amide bonds. The number of nitrogens with one attached hydrogen (secondary N) is 2. The van der Waals surface area contributed by atoms with Crippen molar-refractivity contribution in [2.24, 2.45) is 0 Å². The first-order valence-electron chi connectivity index (χ1n) is 14.6. The van der Waals surface area contributed by atoms with Gasteiger partial charge in [-0.05, 0) is 59.7 Å². The molecular weight excluding hydrogens is 560 g/mol. The number of likely N-dealkylation sites (N-methyl/N-ethyl adjacent to an activating group) is 2. The van der Waals surface area contributed by atoms with Crippen molar-refractivity contribution in [2.45, 2.75) is 45.1 Å². The molecule has 0 bridgehead atoms. The van der Waals surface area contributed by atoms with Crippen LogP contribution in [-0.4, -0.2) is 77.5 Å². The molecule has 1 atom stereocenters. The zero-order valence-corrected chi connectivity index (χ0v) is 25.6. The van der Waals surface area contributed by atoms with Crippen molar-refractivity contribution in [2.75, 3.05) is 27.7 Å². The number of hydrogen-bond acceptors (Lipinski definition) is 6. The quantitative estimate of drug-likeness (QED) is 0.414. The summed E-state index contributed by atoms with van der Waals surface area (Å²) in [6.45, 7) is 6.22. The van der Waals surface area contributed by atoms with Crippen LogP contribution in [0.25, 0.3) is 5.57 Å². The summed E-state index contributed by atoms with van der Waals surface area (Å²) < 4.78 is 5.63.